The van der Waals surface area contributed by atoms with Crippen LogP contribution < -0.4 is 16.2 Å². The number of nitrogens with one attached hydrogen (secondary N) is 2. The van der Waals surface area contributed by atoms with Crippen molar-refractivity contribution in [2.75, 3.05) is 13.1 Å². The highest BCUT2D eigenvalue weighted by Crippen LogP contribution is 2.17. The second-order valence-corrected chi connectivity index (χ2v) is 7.03. The summed E-state index contributed by atoms with van der Waals surface area (Å²) in [5.74, 6) is 0.0524. The highest BCUT2D eigenvalue weighted by molar-refractivity contribution is 5.90. The predicted molar refractivity (Wildman–Crippen MR) is 114 cm³/mol. The van der Waals surface area contributed by atoms with Crippen molar-refractivity contribution in [2.24, 2.45) is 0 Å². The lowest BCUT2D eigenvalue weighted by Gasteiger charge is -2.07. The minimum absolute atomic E-state index is 0.195. The summed E-state index contributed by atoms with van der Waals surface area (Å²) in [5.41, 5.74) is 2.62. The Hall–Kier alpha value is -3.32. The van der Waals surface area contributed by atoms with Gasteiger partial charge in [-0.25, -0.2) is 4.98 Å². The van der Waals surface area contributed by atoms with E-state index in [0.29, 0.717) is 36.5 Å². The van der Waals surface area contributed by atoms with E-state index in [2.05, 4.69) is 34.4 Å². The first-order valence-electron chi connectivity index (χ1n) is 9.61. The molecule has 0 aliphatic heterocycles. The summed E-state index contributed by atoms with van der Waals surface area (Å²) in [5, 5.41) is 6.56. The monoisotopic (exact) mass is 391 g/mol. The van der Waals surface area contributed by atoms with Crippen molar-refractivity contribution >= 4 is 23.0 Å². The SMILES string of the molecule is CC(C)c1ccc2ncn(C=CC(=O)NCCNCc3cccnc3)c(=O)c2c1. The van der Waals surface area contributed by atoms with Crippen molar-refractivity contribution in [3.63, 3.8) is 0 Å². The molecular formula is C22H25N5O2. The quantitative estimate of drug-likeness (QED) is 0.454. The summed E-state index contributed by atoms with van der Waals surface area (Å²) in [6.45, 7) is 5.95. The maximum atomic E-state index is 12.7. The van der Waals surface area contributed by atoms with Gasteiger partial charge in [0.05, 0.1) is 10.9 Å². The fraction of sp³-hybridized carbons (Fsp3) is 0.273. The summed E-state index contributed by atoms with van der Waals surface area (Å²) >= 11 is 0. The van der Waals surface area contributed by atoms with E-state index in [-0.39, 0.29) is 11.5 Å². The number of pyridine rings is 1. The van der Waals surface area contributed by atoms with Gasteiger partial charge in [-0.05, 0) is 35.2 Å². The molecule has 0 atom stereocenters. The number of benzene rings is 1. The van der Waals surface area contributed by atoms with Crippen LogP contribution in [-0.4, -0.2) is 33.5 Å². The van der Waals surface area contributed by atoms with Crippen LogP contribution in [0.25, 0.3) is 17.1 Å². The molecule has 2 aromatic heterocycles. The van der Waals surface area contributed by atoms with Crippen LogP contribution in [0.15, 0.2) is 59.9 Å². The number of amides is 1. The average Bonchev–Trinajstić information content (AvgIpc) is 2.73. The van der Waals surface area contributed by atoms with Crippen molar-refractivity contribution < 1.29 is 4.79 Å². The topological polar surface area (TPSA) is 88.9 Å². The van der Waals surface area contributed by atoms with E-state index in [4.69, 9.17) is 0 Å². The second kappa shape index (κ2) is 9.75. The van der Waals surface area contributed by atoms with Gasteiger partial charge < -0.3 is 10.6 Å². The van der Waals surface area contributed by atoms with E-state index >= 15 is 0 Å². The molecule has 29 heavy (non-hydrogen) atoms. The molecule has 0 saturated carbocycles. The van der Waals surface area contributed by atoms with Gasteiger partial charge in [-0.1, -0.05) is 26.0 Å². The number of fused-ring (bicyclic) bond motifs is 1. The van der Waals surface area contributed by atoms with E-state index in [1.54, 1.807) is 12.4 Å². The first kappa shape index (κ1) is 20.4. The van der Waals surface area contributed by atoms with Crippen LogP contribution in [0.3, 0.4) is 0 Å². The third kappa shape index (κ3) is 5.58. The molecule has 0 saturated heterocycles. The van der Waals surface area contributed by atoms with E-state index in [0.717, 1.165) is 11.1 Å². The van der Waals surface area contributed by atoms with Crippen LogP contribution in [0.1, 0.15) is 30.9 Å². The number of aromatic nitrogens is 3. The van der Waals surface area contributed by atoms with Crippen LogP contribution in [0.2, 0.25) is 0 Å². The van der Waals surface area contributed by atoms with E-state index in [1.165, 1.54) is 23.2 Å². The van der Waals surface area contributed by atoms with Crippen LogP contribution in [0.4, 0.5) is 0 Å². The molecule has 0 aliphatic carbocycles. The Morgan fingerprint density at radius 2 is 2.10 bits per heavy atom. The van der Waals surface area contributed by atoms with Gasteiger partial charge in [0.25, 0.3) is 5.56 Å². The Balaban J connectivity index is 1.54. The molecule has 2 heterocycles. The summed E-state index contributed by atoms with van der Waals surface area (Å²) in [6, 6.07) is 9.58. The van der Waals surface area contributed by atoms with Gasteiger partial charge >= 0.3 is 0 Å². The minimum Gasteiger partial charge on any atom is -0.351 e. The van der Waals surface area contributed by atoms with Gasteiger partial charge in [0.1, 0.15) is 6.33 Å². The Bertz CT molecular complexity index is 1060. The molecule has 1 aromatic carbocycles. The smallest absolute Gasteiger partial charge is 0.265 e. The van der Waals surface area contributed by atoms with Gasteiger partial charge in [0, 0.05) is 44.3 Å². The highest BCUT2D eigenvalue weighted by atomic mass is 16.1. The van der Waals surface area contributed by atoms with Gasteiger partial charge in [-0.2, -0.15) is 0 Å². The Morgan fingerprint density at radius 3 is 2.86 bits per heavy atom. The number of hydrogen-bond donors (Lipinski definition) is 2. The van der Waals surface area contributed by atoms with Crippen molar-refractivity contribution in [2.45, 2.75) is 26.3 Å². The zero-order chi connectivity index (χ0) is 20.6. The molecule has 3 aromatic rings. The van der Waals surface area contributed by atoms with Gasteiger partial charge in [0.2, 0.25) is 5.91 Å². The maximum absolute atomic E-state index is 12.7. The van der Waals surface area contributed by atoms with E-state index < -0.39 is 0 Å². The molecule has 2 N–H and O–H groups in total. The lowest BCUT2D eigenvalue weighted by atomic mass is 10.0. The molecular weight excluding hydrogens is 366 g/mol. The molecule has 0 fully saturated rings. The first-order valence-corrected chi connectivity index (χ1v) is 9.61. The zero-order valence-corrected chi connectivity index (χ0v) is 16.6. The molecule has 150 valence electrons. The molecule has 7 heteroatoms. The van der Waals surface area contributed by atoms with Crippen LogP contribution >= 0.6 is 0 Å². The van der Waals surface area contributed by atoms with Crippen molar-refractivity contribution in [3.05, 3.63) is 76.6 Å². The Labute approximate surface area is 169 Å². The summed E-state index contributed by atoms with van der Waals surface area (Å²) in [7, 11) is 0. The van der Waals surface area contributed by atoms with E-state index in [1.807, 2.05) is 30.3 Å². The van der Waals surface area contributed by atoms with Crippen LogP contribution in [-0.2, 0) is 11.3 Å². The molecule has 3 rings (SSSR count). The van der Waals surface area contributed by atoms with Crippen LogP contribution in [0, 0.1) is 0 Å². The highest BCUT2D eigenvalue weighted by Gasteiger charge is 2.06. The van der Waals surface area contributed by atoms with Crippen LogP contribution in [0.5, 0.6) is 0 Å². The second-order valence-electron chi connectivity index (χ2n) is 7.03. The summed E-state index contributed by atoms with van der Waals surface area (Å²) < 4.78 is 1.33. The Morgan fingerprint density at radius 1 is 1.24 bits per heavy atom. The maximum Gasteiger partial charge on any atom is 0.265 e. The molecule has 0 spiro atoms. The average molecular weight is 391 g/mol. The largest absolute Gasteiger partial charge is 0.351 e. The number of carbonyl (C=O) groups is 1. The van der Waals surface area contributed by atoms with E-state index in [9.17, 15) is 9.59 Å². The fourth-order valence-corrected chi connectivity index (χ4v) is 2.84. The normalized spacial score (nSPS) is 11.4. The number of carbonyl (C=O) groups excluding carboxylic acids is 1. The third-order valence-electron chi connectivity index (χ3n) is 4.51. The third-order valence-corrected chi connectivity index (χ3v) is 4.51. The Kier molecular flexibility index (Phi) is 6.86. The number of nitrogens with zero attached hydrogens (tertiary/aromatic N) is 3. The lowest BCUT2D eigenvalue weighted by Crippen LogP contribution is -2.30. The summed E-state index contributed by atoms with van der Waals surface area (Å²) in [6.07, 6.45) is 7.74. The fourth-order valence-electron chi connectivity index (χ4n) is 2.84. The molecule has 0 aliphatic rings. The van der Waals surface area contributed by atoms with Crippen molar-refractivity contribution in [1.82, 2.24) is 25.2 Å². The van der Waals surface area contributed by atoms with Crippen molar-refractivity contribution in [1.29, 1.82) is 0 Å². The zero-order valence-electron chi connectivity index (χ0n) is 16.6. The summed E-state index contributed by atoms with van der Waals surface area (Å²) in [4.78, 5) is 33.0. The molecule has 0 radical (unpaired) electrons. The molecule has 7 nitrogen and oxygen atoms in total. The number of rotatable bonds is 8. The lowest BCUT2D eigenvalue weighted by molar-refractivity contribution is -0.116. The molecule has 0 bridgehead atoms. The van der Waals surface area contributed by atoms with Crippen molar-refractivity contribution in [3.8, 4) is 0 Å². The predicted octanol–water partition coefficient (Wildman–Crippen LogP) is 2.29. The molecule has 0 unspecified atom stereocenters. The molecule has 1 amide bonds. The minimum atomic E-state index is -0.267. The number of hydrogen-bond acceptors (Lipinski definition) is 5. The van der Waals surface area contributed by atoms with Gasteiger partial charge in [0.15, 0.2) is 0 Å². The van der Waals surface area contributed by atoms with Gasteiger partial charge in [-0.3, -0.25) is 19.1 Å². The van der Waals surface area contributed by atoms with Gasteiger partial charge in [-0.15, -0.1) is 0 Å². The first-order chi connectivity index (χ1) is 14.0. The standard InChI is InChI=1S/C22H25N5O2/c1-16(2)18-5-6-20-19(12-18)22(29)27(15-26-20)11-7-21(28)25-10-9-24-14-17-4-3-8-23-13-17/h3-8,11-13,15-16,24H,9-10,14H2,1-2H3,(H,25,28).